The summed E-state index contributed by atoms with van der Waals surface area (Å²) < 4.78 is 10.4. The molecule has 2 rings (SSSR count). The number of hydrogen-bond donors (Lipinski definition) is 2. The minimum absolute atomic E-state index is 0.268. The summed E-state index contributed by atoms with van der Waals surface area (Å²) in [6, 6.07) is 4.16. The maximum Gasteiger partial charge on any atom is 0.326 e. The minimum Gasteiger partial charge on any atom is -0.493 e. The van der Waals surface area contributed by atoms with Gasteiger partial charge in [-0.15, -0.1) is 0 Å². The Morgan fingerprint density at radius 1 is 1.31 bits per heavy atom. The zero-order valence-corrected chi connectivity index (χ0v) is 14.5. The van der Waals surface area contributed by atoms with Crippen molar-refractivity contribution < 1.29 is 29.0 Å². The van der Waals surface area contributed by atoms with Gasteiger partial charge in [0.25, 0.3) is 5.91 Å². The van der Waals surface area contributed by atoms with Gasteiger partial charge in [0.2, 0.25) is 5.91 Å². The maximum absolute atomic E-state index is 12.4. The van der Waals surface area contributed by atoms with Gasteiger partial charge < -0.3 is 25.2 Å². The van der Waals surface area contributed by atoms with Crippen molar-refractivity contribution in [3.05, 3.63) is 29.8 Å². The predicted molar refractivity (Wildman–Crippen MR) is 93.7 cm³/mol. The molecule has 1 aromatic rings. The lowest BCUT2D eigenvalue weighted by molar-refractivity contribution is -0.150. The smallest absolute Gasteiger partial charge is 0.326 e. The fraction of sp³-hybridized carbons (Fsp3) is 0.389. The first kappa shape index (κ1) is 19.3. The number of carbonyl (C=O) groups is 3. The molecule has 8 heteroatoms. The number of benzene rings is 1. The molecule has 1 aromatic carbocycles. The van der Waals surface area contributed by atoms with Gasteiger partial charge in [-0.3, -0.25) is 9.59 Å². The molecule has 1 unspecified atom stereocenters. The number of carboxylic acid groups (broad SMARTS) is 1. The Bertz CT molecular complexity index is 716. The topological polar surface area (TPSA) is 119 Å². The molecule has 0 saturated carbocycles. The SMILES string of the molecule is COc1cc(/C=C/C(=O)N2CCCCC2C(=O)O)ccc1OCC(N)=O. The van der Waals surface area contributed by atoms with Crippen LogP contribution in [0.1, 0.15) is 24.8 Å². The van der Waals surface area contributed by atoms with E-state index in [1.165, 1.54) is 18.1 Å². The highest BCUT2D eigenvalue weighted by Gasteiger charge is 2.30. The van der Waals surface area contributed by atoms with E-state index >= 15 is 0 Å². The van der Waals surface area contributed by atoms with Gasteiger partial charge in [-0.1, -0.05) is 6.07 Å². The molecular weight excluding hydrogens is 340 g/mol. The molecular formula is C18H22N2O6. The number of hydrogen-bond acceptors (Lipinski definition) is 5. The molecule has 2 amide bonds. The number of rotatable bonds is 7. The number of ether oxygens (including phenoxy) is 2. The summed E-state index contributed by atoms with van der Waals surface area (Å²) in [6.45, 7) is 0.166. The Morgan fingerprint density at radius 3 is 2.73 bits per heavy atom. The number of primary amides is 1. The van der Waals surface area contributed by atoms with Gasteiger partial charge >= 0.3 is 5.97 Å². The number of carboxylic acids is 1. The van der Waals surface area contributed by atoms with Crippen LogP contribution in [0.25, 0.3) is 6.08 Å². The monoisotopic (exact) mass is 362 g/mol. The van der Waals surface area contributed by atoms with Crippen molar-refractivity contribution in [1.29, 1.82) is 0 Å². The number of amides is 2. The van der Waals surface area contributed by atoms with Crippen molar-refractivity contribution in [2.75, 3.05) is 20.3 Å². The summed E-state index contributed by atoms with van der Waals surface area (Å²) >= 11 is 0. The molecule has 1 atom stereocenters. The van der Waals surface area contributed by atoms with Crippen LogP contribution in [-0.2, 0) is 14.4 Å². The Hall–Kier alpha value is -3.03. The normalized spacial score (nSPS) is 17.1. The Kier molecular flexibility index (Phi) is 6.60. The van der Waals surface area contributed by atoms with Crippen LogP contribution in [0.3, 0.4) is 0 Å². The van der Waals surface area contributed by atoms with Gasteiger partial charge in [-0.2, -0.15) is 0 Å². The molecule has 1 fully saturated rings. The van der Waals surface area contributed by atoms with E-state index in [1.807, 2.05) is 0 Å². The molecule has 140 valence electrons. The van der Waals surface area contributed by atoms with Gasteiger partial charge in [0.15, 0.2) is 18.1 Å². The van der Waals surface area contributed by atoms with Crippen molar-refractivity contribution in [2.24, 2.45) is 5.73 Å². The third-order valence-corrected chi connectivity index (χ3v) is 4.05. The highest BCUT2D eigenvalue weighted by molar-refractivity contribution is 5.94. The number of likely N-dealkylation sites (tertiary alicyclic amines) is 1. The van der Waals surface area contributed by atoms with Crippen LogP contribution in [0.4, 0.5) is 0 Å². The molecule has 0 aromatic heterocycles. The molecule has 1 aliphatic heterocycles. The van der Waals surface area contributed by atoms with Crippen molar-refractivity contribution >= 4 is 23.9 Å². The first-order valence-electron chi connectivity index (χ1n) is 8.23. The van der Waals surface area contributed by atoms with Gasteiger partial charge in [0, 0.05) is 12.6 Å². The lowest BCUT2D eigenvalue weighted by atomic mass is 10.0. The average molecular weight is 362 g/mol. The fourth-order valence-electron chi connectivity index (χ4n) is 2.77. The van der Waals surface area contributed by atoms with Crippen LogP contribution in [-0.4, -0.2) is 54.1 Å². The maximum atomic E-state index is 12.4. The van der Waals surface area contributed by atoms with Crippen LogP contribution in [0.5, 0.6) is 11.5 Å². The number of methoxy groups -OCH3 is 1. The molecule has 1 aliphatic rings. The zero-order chi connectivity index (χ0) is 19.1. The lowest BCUT2D eigenvalue weighted by Crippen LogP contribution is -2.47. The molecule has 0 spiro atoms. The molecule has 26 heavy (non-hydrogen) atoms. The van der Waals surface area contributed by atoms with Gasteiger partial charge in [0.05, 0.1) is 7.11 Å². The van der Waals surface area contributed by atoms with E-state index in [0.717, 1.165) is 12.8 Å². The minimum atomic E-state index is -0.982. The predicted octanol–water partition coefficient (Wildman–Crippen LogP) is 1.04. The summed E-state index contributed by atoms with van der Waals surface area (Å²) in [6.07, 6.45) is 4.99. The van der Waals surface area contributed by atoms with E-state index in [-0.39, 0.29) is 12.5 Å². The van der Waals surface area contributed by atoms with Crippen LogP contribution < -0.4 is 15.2 Å². The number of aliphatic carboxylic acids is 1. The Morgan fingerprint density at radius 2 is 2.08 bits per heavy atom. The van der Waals surface area contributed by atoms with E-state index in [1.54, 1.807) is 24.3 Å². The van der Waals surface area contributed by atoms with Crippen molar-refractivity contribution in [1.82, 2.24) is 4.90 Å². The van der Waals surface area contributed by atoms with Crippen molar-refractivity contribution in [3.8, 4) is 11.5 Å². The van der Waals surface area contributed by atoms with E-state index in [4.69, 9.17) is 15.2 Å². The Balaban J connectivity index is 2.10. The highest BCUT2D eigenvalue weighted by Crippen LogP contribution is 2.28. The second-order valence-corrected chi connectivity index (χ2v) is 5.88. The van der Waals surface area contributed by atoms with Crippen molar-refractivity contribution in [2.45, 2.75) is 25.3 Å². The summed E-state index contributed by atoms with van der Waals surface area (Å²) in [5.41, 5.74) is 5.72. The molecule has 1 heterocycles. The molecule has 8 nitrogen and oxygen atoms in total. The Labute approximate surface area is 151 Å². The van der Waals surface area contributed by atoms with E-state index < -0.39 is 17.9 Å². The first-order chi connectivity index (χ1) is 12.4. The molecule has 3 N–H and O–H groups in total. The molecule has 1 saturated heterocycles. The van der Waals surface area contributed by atoms with E-state index in [0.29, 0.717) is 30.0 Å². The highest BCUT2D eigenvalue weighted by atomic mass is 16.5. The summed E-state index contributed by atoms with van der Waals surface area (Å²) in [5, 5.41) is 9.25. The first-order valence-corrected chi connectivity index (χ1v) is 8.23. The van der Waals surface area contributed by atoms with Crippen molar-refractivity contribution in [3.63, 3.8) is 0 Å². The molecule has 0 radical (unpaired) electrons. The summed E-state index contributed by atoms with van der Waals surface area (Å²) in [7, 11) is 1.45. The molecule has 0 bridgehead atoms. The van der Waals surface area contributed by atoms with Crippen LogP contribution >= 0.6 is 0 Å². The number of nitrogens with two attached hydrogens (primary N) is 1. The summed E-state index contributed by atoms with van der Waals surface area (Å²) in [4.78, 5) is 35.8. The second kappa shape index (κ2) is 8.89. The zero-order valence-electron chi connectivity index (χ0n) is 14.5. The van der Waals surface area contributed by atoms with Crippen LogP contribution in [0.15, 0.2) is 24.3 Å². The number of piperidine rings is 1. The standard InChI is InChI=1S/C18H22N2O6/c1-25-15-10-12(5-7-14(15)26-11-16(19)21)6-8-17(22)20-9-3-2-4-13(20)18(23)24/h5-8,10,13H,2-4,9,11H2,1H3,(H2,19,21)(H,23,24)/b8-6+. The fourth-order valence-corrected chi connectivity index (χ4v) is 2.77. The number of nitrogens with zero attached hydrogens (tertiary/aromatic N) is 1. The van der Waals surface area contributed by atoms with Gasteiger partial charge in [0.1, 0.15) is 6.04 Å². The quantitative estimate of drug-likeness (QED) is 0.700. The van der Waals surface area contributed by atoms with Crippen LogP contribution in [0, 0.1) is 0 Å². The van der Waals surface area contributed by atoms with E-state index in [2.05, 4.69) is 0 Å². The summed E-state index contributed by atoms with van der Waals surface area (Å²) in [5.74, 6) is -1.18. The molecule has 0 aliphatic carbocycles. The second-order valence-electron chi connectivity index (χ2n) is 5.88. The van der Waals surface area contributed by atoms with E-state index in [9.17, 15) is 19.5 Å². The van der Waals surface area contributed by atoms with Crippen LogP contribution in [0.2, 0.25) is 0 Å². The van der Waals surface area contributed by atoms with Gasteiger partial charge in [-0.25, -0.2) is 4.79 Å². The largest absolute Gasteiger partial charge is 0.493 e. The average Bonchev–Trinajstić information content (AvgIpc) is 2.64. The third kappa shape index (κ3) is 4.98. The van der Waals surface area contributed by atoms with Gasteiger partial charge in [-0.05, 0) is 43.0 Å². The number of carbonyl (C=O) groups excluding carboxylic acids is 2. The lowest BCUT2D eigenvalue weighted by Gasteiger charge is -2.32. The third-order valence-electron chi connectivity index (χ3n) is 4.05.